The van der Waals surface area contributed by atoms with E-state index in [-0.39, 0.29) is 25.3 Å². The maximum Gasteiger partial charge on any atom is 0.215 e. The molecule has 232 valence electrons. The number of ether oxygens (including phenoxy) is 6. The van der Waals surface area contributed by atoms with Crippen LogP contribution in [0, 0.1) is 0 Å². The summed E-state index contributed by atoms with van der Waals surface area (Å²) >= 11 is 0. The minimum absolute atomic E-state index is 0.144. The Kier molecular flexibility index (Phi) is 10.7. The molecule has 16 atom stereocenters. The average Bonchev–Trinajstić information content (AvgIpc) is 3.23. The van der Waals surface area contributed by atoms with E-state index < -0.39 is 105 Å². The molecule has 0 aromatic carbocycles. The van der Waals surface area contributed by atoms with Crippen LogP contribution in [-0.2, 0) is 28.4 Å². The molecule has 0 radical (unpaired) electrons. The first-order chi connectivity index (χ1) is 19.0. The lowest BCUT2D eigenvalue weighted by atomic mass is 9.84. The molecule has 0 aromatic rings. The highest BCUT2D eigenvalue weighted by Crippen LogP contribution is 2.34. The number of rotatable bonds is 9. The van der Waals surface area contributed by atoms with Gasteiger partial charge >= 0.3 is 0 Å². The largest absolute Gasteiger partial charge is 0.465 e. The predicted molar refractivity (Wildman–Crippen MR) is 133 cm³/mol. The van der Waals surface area contributed by atoms with Gasteiger partial charge in [0.2, 0.25) is 6.29 Å². The Balaban J connectivity index is 1.48. The number of hydrogen-bond acceptors (Lipinski definition) is 17. The lowest BCUT2D eigenvalue weighted by Gasteiger charge is -2.45. The Morgan fingerprint density at radius 1 is 0.725 bits per heavy atom. The van der Waals surface area contributed by atoms with Crippen molar-refractivity contribution in [3.63, 3.8) is 0 Å². The van der Waals surface area contributed by atoms with Gasteiger partial charge in [-0.3, -0.25) is 0 Å². The molecule has 0 unspecified atom stereocenters. The molecule has 16 N–H and O–H groups in total. The van der Waals surface area contributed by atoms with E-state index >= 15 is 0 Å². The molecule has 4 aliphatic rings. The summed E-state index contributed by atoms with van der Waals surface area (Å²) < 4.78 is 34.7. The van der Waals surface area contributed by atoms with Crippen LogP contribution in [0.2, 0.25) is 0 Å². The second-order valence-corrected chi connectivity index (χ2v) is 10.6. The first-order valence-corrected chi connectivity index (χ1v) is 13.3. The van der Waals surface area contributed by atoms with Crippen LogP contribution in [0.1, 0.15) is 12.8 Å². The number of aliphatic hydroxyl groups is 6. The smallest absolute Gasteiger partial charge is 0.215 e. The summed E-state index contributed by atoms with van der Waals surface area (Å²) in [5.74, 6) is 0.267. The van der Waals surface area contributed by atoms with E-state index in [9.17, 15) is 30.6 Å². The maximum atomic E-state index is 11.1. The monoisotopic (exact) mass is 581 g/mol. The molecule has 1 saturated carbocycles. The van der Waals surface area contributed by atoms with Crippen LogP contribution in [-0.4, -0.2) is 148 Å². The van der Waals surface area contributed by atoms with Crippen LogP contribution in [0.25, 0.3) is 0 Å². The highest BCUT2D eigenvalue weighted by atomic mass is 16.8. The van der Waals surface area contributed by atoms with Gasteiger partial charge in [0.25, 0.3) is 0 Å². The minimum Gasteiger partial charge on any atom is -0.465 e. The molecule has 0 aromatic heterocycles. The Hall–Kier alpha value is -1.10. The summed E-state index contributed by atoms with van der Waals surface area (Å²) in [6.45, 7) is -1.11. The van der Waals surface area contributed by atoms with Gasteiger partial charge < -0.3 is 87.7 Å². The van der Waals surface area contributed by atoms with Crippen molar-refractivity contribution in [3.05, 3.63) is 11.8 Å². The van der Waals surface area contributed by atoms with Crippen LogP contribution in [0.5, 0.6) is 0 Å². The fourth-order valence-corrected chi connectivity index (χ4v) is 5.37. The number of nitrogens with two attached hydrogens (primary N) is 5. The third-order valence-electron chi connectivity index (χ3n) is 7.78. The van der Waals surface area contributed by atoms with Gasteiger partial charge in [-0.25, -0.2) is 0 Å². The van der Waals surface area contributed by atoms with Crippen LogP contribution in [0.15, 0.2) is 11.8 Å². The number of hydrogen-bond donors (Lipinski definition) is 11. The normalized spacial score (nSPS) is 49.9. The van der Waals surface area contributed by atoms with Gasteiger partial charge in [-0.2, -0.15) is 0 Å². The first kappa shape index (κ1) is 31.8. The van der Waals surface area contributed by atoms with E-state index in [1.54, 1.807) is 6.08 Å². The Labute approximate surface area is 230 Å². The lowest BCUT2D eigenvalue weighted by Crippen LogP contribution is -2.65. The molecule has 1 aliphatic carbocycles. The van der Waals surface area contributed by atoms with Gasteiger partial charge in [0, 0.05) is 18.6 Å². The average molecular weight is 582 g/mol. The van der Waals surface area contributed by atoms with Gasteiger partial charge in [-0.1, -0.05) is 0 Å². The van der Waals surface area contributed by atoms with Gasteiger partial charge in [-0.15, -0.1) is 0 Å². The molecule has 17 nitrogen and oxygen atoms in total. The van der Waals surface area contributed by atoms with Crippen LogP contribution in [0.4, 0.5) is 0 Å². The van der Waals surface area contributed by atoms with Crippen molar-refractivity contribution in [3.8, 4) is 0 Å². The maximum absolute atomic E-state index is 11.1. The third kappa shape index (κ3) is 6.45. The van der Waals surface area contributed by atoms with Crippen molar-refractivity contribution in [2.45, 2.75) is 111 Å². The fourth-order valence-electron chi connectivity index (χ4n) is 5.37. The van der Waals surface area contributed by atoms with E-state index in [0.717, 1.165) is 0 Å². The summed E-state index contributed by atoms with van der Waals surface area (Å²) in [7, 11) is 0. The van der Waals surface area contributed by atoms with Gasteiger partial charge in [0.15, 0.2) is 12.6 Å². The molecule has 2 saturated heterocycles. The minimum atomic E-state index is -1.55. The Morgan fingerprint density at radius 2 is 1.38 bits per heavy atom. The standard InChI is InChI=1S/C23H43N5O12/c24-4-11-15(32)16(33)13(28)22(36-11)39-19-12(6-30)37-23(17(19)34)40-20-14(31)9(26)3-10(27)18(20)38-21-8(25)2-1-7(5-29)35-21/h1,8-23,29-34H,2-6,24-28H2/t8-,9+,10-,11+,12+,13-,14-,15-,16-,17+,18+,19+,20+,21-,22-,23-/m0/s1. The van der Waals surface area contributed by atoms with Gasteiger partial charge in [0.1, 0.15) is 61.2 Å². The fraction of sp³-hybridized carbons (Fsp3) is 0.913. The Bertz CT molecular complexity index is 859. The second-order valence-electron chi connectivity index (χ2n) is 10.6. The third-order valence-corrected chi connectivity index (χ3v) is 7.78. The summed E-state index contributed by atoms with van der Waals surface area (Å²) in [5.41, 5.74) is 30.1. The summed E-state index contributed by atoms with van der Waals surface area (Å²) in [6.07, 6.45) is -12.9. The molecular formula is C23H43N5O12. The summed E-state index contributed by atoms with van der Waals surface area (Å²) in [6, 6.07) is -3.36. The van der Waals surface area contributed by atoms with E-state index in [2.05, 4.69) is 0 Å². The van der Waals surface area contributed by atoms with Gasteiger partial charge in [-0.05, 0) is 18.9 Å². The highest BCUT2D eigenvalue weighted by molar-refractivity contribution is 5.04. The molecular weight excluding hydrogens is 538 g/mol. The zero-order valence-corrected chi connectivity index (χ0v) is 21.9. The van der Waals surface area contributed by atoms with Crippen molar-refractivity contribution >= 4 is 0 Å². The molecule has 17 heteroatoms. The molecule has 3 fully saturated rings. The molecule has 4 rings (SSSR count). The summed E-state index contributed by atoms with van der Waals surface area (Å²) in [4.78, 5) is 0. The Morgan fingerprint density at radius 3 is 2.02 bits per heavy atom. The van der Waals surface area contributed by atoms with E-state index in [1.165, 1.54) is 0 Å². The van der Waals surface area contributed by atoms with Crippen LogP contribution < -0.4 is 28.7 Å². The molecule has 0 bridgehead atoms. The van der Waals surface area contributed by atoms with Crippen molar-refractivity contribution < 1.29 is 59.1 Å². The highest BCUT2D eigenvalue weighted by Gasteiger charge is 2.53. The molecule has 40 heavy (non-hydrogen) atoms. The van der Waals surface area contributed by atoms with Crippen molar-refractivity contribution in [2.24, 2.45) is 28.7 Å². The molecule has 0 spiro atoms. The first-order valence-electron chi connectivity index (χ1n) is 13.3. The van der Waals surface area contributed by atoms with E-state index in [4.69, 9.17) is 57.1 Å². The van der Waals surface area contributed by atoms with E-state index in [0.29, 0.717) is 6.42 Å². The van der Waals surface area contributed by atoms with Crippen molar-refractivity contribution in [1.82, 2.24) is 0 Å². The quantitative estimate of drug-likeness (QED) is 0.120. The molecule has 0 amide bonds. The van der Waals surface area contributed by atoms with Crippen LogP contribution in [0.3, 0.4) is 0 Å². The predicted octanol–water partition coefficient (Wildman–Crippen LogP) is -6.68. The van der Waals surface area contributed by atoms with E-state index in [1.807, 2.05) is 0 Å². The molecule has 3 aliphatic heterocycles. The zero-order chi connectivity index (χ0) is 29.3. The zero-order valence-electron chi connectivity index (χ0n) is 21.9. The summed E-state index contributed by atoms with van der Waals surface area (Å²) in [5, 5.41) is 61.8. The second kappa shape index (κ2) is 13.5. The van der Waals surface area contributed by atoms with Gasteiger partial charge in [0.05, 0.1) is 24.8 Å². The lowest BCUT2D eigenvalue weighted by molar-refractivity contribution is -0.282. The topological polar surface area (TPSA) is 307 Å². The van der Waals surface area contributed by atoms with Crippen LogP contribution >= 0.6 is 0 Å². The molecule has 3 heterocycles. The number of aliphatic hydroxyl groups excluding tert-OH is 6. The van der Waals surface area contributed by atoms with Crippen molar-refractivity contribution in [1.29, 1.82) is 0 Å². The SMILES string of the molecule is NC[C@H]1O[C@@H](O[C@H]2[C@@H](O)[C@H](O[C@@H]3[C@@H](O)[C@H](N)C[C@H](N)[C@H]3O[C@@H]3OC(CO)=CC[C@@H]3N)O[C@@H]2CO)[C@@H](N)[C@H](O)[C@H]1O. The van der Waals surface area contributed by atoms with Crippen molar-refractivity contribution in [2.75, 3.05) is 19.8 Å².